The van der Waals surface area contributed by atoms with Crippen LogP contribution in [0.2, 0.25) is 0 Å². The Kier molecular flexibility index (Phi) is 3.06. The Labute approximate surface area is 121 Å². The van der Waals surface area contributed by atoms with E-state index in [1.54, 1.807) is 24.3 Å². The molecule has 6 nitrogen and oxygen atoms in total. The van der Waals surface area contributed by atoms with Crippen LogP contribution in [0.5, 0.6) is 0 Å². The minimum absolute atomic E-state index is 0.00823. The highest BCUT2D eigenvalue weighted by atomic mass is 16.5. The average Bonchev–Trinajstić information content (AvgIpc) is 2.82. The van der Waals surface area contributed by atoms with Crippen molar-refractivity contribution in [2.45, 2.75) is 19.4 Å². The Morgan fingerprint density at radius 3 is 2.81 bits per heavy atom. The Balaban J connectivity index is 2.02. The van der Waals surface area contributed by atoms with Crippen LogP contribution in [-0.2, 0) is 20.7 Å². The number of ether oxygens (including phenoxy) is 1. The number of imide groups is 1. The molecule has 0 bridgehead atoms. The number of hydrogen-bond acceptors (Lipinski definition) is 4. The SMILES string of the molecule is CC1(C(=O)O)COCC1N1C(=O)Cc2ccccc2C1=O. The number of carboxylic acids is 1. The summed E-state index contributed by atoms with van der Waals surface area (Å²) in [5, 5.41) is 9.41. The molecule has 2 aliphatic rings. The van der Waals surface area contributed by atoms with Gasteiger partial charge in [-0.15, -0.1) is 0 Å². The van der Waals surface area contributed by atoms with Crippen molar-refractivity contribution in [3.63, 3.8) is 0 Å². The summed E-state index contributed by atoms with van der Waals surface area (Å²) in [4.78, 5) is 37.5. The van der Waals surface area contributed by atoms with Gasteiger partial charge in [0.1, 0.15) is 5.41 Å². The van der Waals surface area contributed by atoms with Gasteiger partial charge in [0.2, 0.25) is 5.91 Å². The first-order chi connectivity index (χ1) is 9.95. The number of carboxylic acid groups (broad SMARTS) is 1. The molecule has 6 heteroatoms. The third kappa shape index (κ3) is 1.94. The van der Waals surface area contributed by atoms with Gasteiger partial charge in [-0.2, -0.15) is 0 Å². The zero-order chi connectivity index (χ0) is 15.2. The van der Waals surface area contributed by atoms with Crippen LogP contribution < -0.4 is 0 Å². The number of carbonyl (C=O) groups is 3. The largest absolute Gasteiger partial charge is 0.481 e. The molecule has 0 aromatic heterocycles. The second kappa shape index (κ2) is 4.66. The first-order valence-corrected chi connectivity index (χ1v) is 6.70. The number of nitrogens with zero attached hydrogens (tertiary/aromatic N) is 1. The Hall–Kier alpha value is -2.21. The lowest BCUT2D eigenvalue weighted by molar-refractivity contribution is -0.151. The van der Waals surface area contributed by atoms with Gasteiger partial charge in [0.15, 0.2) is 0 Å². The predicted octanol–water partition coefficient (Wildman–Crippen LogP) is 0.701. The average molecular weight is 289 g/mol. The van der Waals surface area contributed by atoms with Gasteiger partial charge in [-0.05, 0) is 18.6 Å². The molecule has 2 unspecified atom stereocenters. The molecular formula is C15H15NO5. The summed E-state index contributed by atoms with van der Waals surface area (Å²) in [6.45, 7) is 1.56. The number of hydrogen-bond donors (Lipinski definition) is 1. The van der Waals surface area contributed by atoms with E-state index in [-0.39, 0.29) is 25.5 Å². The zero-order valence-electron chi connectivity index (χ0n) is 11.5. The van der Waals surface area contributed by atoms with Crippen molar-refractivity contribution in [1.29, 1.82) is 0 Å². The van der Waals surface area contributed by atoms with Crippen LogP contribution in [-0.4, -0.2) is 47.0 Å². The minimum atomic E-state index is -1.27. The summed E-state index contributed by atoms with van der Waals surface area (Å²) in [6.07, 6.45) is 0.105. The fourth-order valence-corrected chi connectivity index (χ4v) is 2.92. The third-order valence-electron chi connectivity index (χ3n) is 4.29. The lowest BCUT2D eigenvalue weighted by atomic mass is 9.83. The molecule has 0 radical (unpaired) electrons. The Morgan fingerprint density at radius 2 is 2.10 bits per heavy atom. The Bertz CT molecular complexity index is 641. The molecule has 1 aromatic rings. The summed E-state index contributed by atoms with van der Waals surface area (Å²) in [6, 6.07) is 6.12. The van der Waals surface area contributed by atoms with Gasteiger partial charge in [0.25, 0.3) is 5.91 Å². The Morgan fingerprint density at radius 1 is 1.38 bits per heavy atom. The van der Waals surface area contributed by atoms with Gasteiger partial charge in [-0.1, -0.05) is 18.2 Å². The van der Waals surface area contributed by atoms with Crippen molar-refractivity contribution in [3.8, 4) is 0 Å². The predicted molar refractivity (Wildman–Crippen MR) is 71.7 cm³/mol. The summed E-state index contributed by atoms with van der Waals surface area (Å²) in [5.74, 6) is -1.88. The van der Waals surface area contributed by atoms with Gasteiger partial charge >= 0.3 is 5.97 Å². The van der Waals surface area contributed by atoms with E-state index in [2.05, 4.69) is 0 Å². The van der Waals surface area contributed by atoms with Crippen molar-refractivity contribution < 1.29 is 24.2 Å². The second-order valence-corrected chi connectivity index (χ2v) is 5.66. The van der Waals surface area contributed by atoms with Gasteiger partial charge in [-0.3, -0.25) is 19.3 Å². The van der Waals surface area contributed by atoms with E-state index in [0.29, 0.717) is 11.1 Å². The van der Waals surface area contributed by atoms with Crippen LogP contribution in [0.1, 0.15) is 22.8 Å². The van der Waals surface area contributed by atoms with Crippen LogP contribution in [0.3, 0.4) is 0 Å². The van der Waals surface area contributed by atoms with Gasteiger partial charge in [0.05, 0.1) is 25.7 Å². The maximum Gasteiger partial charge on any atom is 0.313 e. The molecule has 0 spiro atoms. The molecule has 1 fully saturated rings. The van der Waals surface area contributed by atoms with E-state index >= 15 is 0 Å². The van der Waals surface area contributed by atoms with E-state index in [9.17, 15) is 19.5 Å². The summed E-state index contributed by atoms with van der Waals surface area (Å²) in [7, 11) is 0. The lowest BCUT2D eigenvalue weighted by Crippen LogP contribution is -2.56. The standard InChI is InChI=1S/C15H15NO5/c1-15(14(19)20)8-21-7-11(15)16-12(17)6-9-4-2-3-5-10(9)13(16)18/h2-5,11H,6-8H2,1H3,(H,19,20). The van der Waals surface area contributed by atoms with Crippen LogP contribution in [0.15, 0.2) is 24.3 Å². The molecule has 2 atom stereocenters. The fourth-order valence-electron chi connectivity index (χ4n) is 2.92. The van der Waals surface area contributed by atoms with Crippen molar-refractivity contribution in [2.24, 2.45) is 5.41 Å². The molecule has 3 rings (SSSR count). The van der Waals surface area contributed by atoms with E-state index in [4.69, 9.17) is 4.74 Å². The molecule has 21 heavy (non-hydrogen) atoms. The number of aliphatic carboxylic acids is 1. The molecule has 1 N–H and O–H groups in total. The highest BCUT2D eigenvalue weighted by Gasteiger charge is 2.53. The smallest absolute Gasteiger partial charge is 0.313 e. The monoisotopic (exact) mass is 289 g/mol. The molecule has 0 aliphatic carbocycles. The van der Waals surface area contributed by atoms with E-state index in [1.807, 2.05) is 0 Å². The van der Waals surface area contributed by atoms with Crippen LogP contribution >= 0.6 is 0 Å². The van der Waals surface area contributed by atoms with Gasteiger partial charge < -0.3 is 9.84 Å². The highest BCUT2D eigenvalue weighted by molar-refractivity contribution is 6.10. The maximum atomic E-state index is 12.6. The minimum Gasteiger partial charge on any atom is -0.481 e. The van der Waals surface area contributed by atoms with Crippen molar-refractivity contribution in [2.75, 3.05) is 13.2 Å². The second-order valence-electron chi connectivity index (χ2n) is 5.66. The highest BCUT2D eigenvalue weighted by Crippen LogP contribution is 2.35. The van der Waals surface area contributed by atoms with Crippen molar-refractivity contribution in [3.05, 3.63) is 35.4 Å². The summed E-state index contributed by atoms with van der Waals surface area (Å²) >= 11 is 0. The maximum absolute atomic E-state index is 12.6. The van der Waals surface area contributed by atoms with Gasteiger partial charge in [-0.25, -0.2) is 0 Å². The normalized spacial score (nSPS) is 28.6. The number of fused-ring (bicyclic) bond motifs is 1. The molecule has 2 heterocycles. The van der Waals surface area contributed by atoms with Crippen LogP contribution in [0.25, 0.3) is 0 Å². The van der Waals surface area contributed by atoms with E-state index in [0.717, 1.165) is 4.90 Å². The molecular weight excluding hydrogens is 274 g/mol. The fraction of sp³-hybridized carbons (Fsp3) is 0.400. The molecule has 2 amide bonds. The number of rotatable bonds is 2. The lowest BCUT2D eigenvalue weighted by Gasteiger charge is -2.36. The first-order valence-electron chi connectivity index (χ1n) is 6.70. The number of carbonyl (C=O) groups excluding carboxylic acids is 2. The van der Waals surface area contributed by atoms with Crippen LogP contribution in [0, 0.1) is 5.41 Å². The number of amides is 2. The van der Waals surface area contributed by atoms with Gasteiger partial charge in [0, 0.05) is 5.56 Å². The topological polar surface area (TPSA) is 83.9 Å². The van der Waals surface area contributed by atoms with Crippen molar-refractivity contribution in [1.82, 2.24) is 4.90 Å². The van der Waals surface area contributed by atoms with Crippen molar-refractivity contribution >= 4 is 17.8 Å². The molecule has 1 saturated heterocycles. The summed E-state index contributed by atoms with van der Waals surface area (Å²) in [5.41, 5.74) is -0.131. The first kappa shape index (κ1) is 13.8. The molecule has 2 aliphatic heterocycles. The number of benzene rings is 1. The zero-order valence-corrected chi connectivity index (χ0v) is 11.5. The molecule has 110 valence electrons. The quantitative estimate of drug-likeness (QED) is 0.810. The van der Waals surface area contributed by atoms with E-state index in [1.165, 1.54) is 6.92 Å². The molecule has 1 aromatic carbocycles. The van der Waals surface area contributed by atoms with Crippen LogP contribution in [0.4, 0.5) is 0 Å². The van der Waals surface area contributed by atoms with E-state index < -0.39 is 23.3 Å². The molecule has 0 saturated carbocycles. The summed E-state index contributed by atoms with van der Waals surface area (Å²) < 4.78 is 5.24. The third-order valence-corrected chi connectivity index (χ3v) is 4.29.